The van der Waals surface area contributed by atoms with Crippen LogP contribution in [0, 0.1) is 0 Å². The van der Waals surface area contributed by atoms with Gasteiger partial charge in [0, 0.05) is 11.4 Å². The molecule has 2 N–H and O–H groups in total. The Hall–Kier alpha value is -1.85. The Balaban J connectivity index is 2.00. The van der Waals surface area contributed by atoms with Crippen LogP contribution in [0.5, 0.6) is 0 Å². The van der Waals surface area contributed by atoms with Gasteiger partial charge in [0.05, 0.1) is 0 Å². The van der Waals surface area contributed by atoms with Crippen molar-refractivity contribution in [3.05, 3.63) is 41.3 Å². The molecule has 0 saturated heterocycles. The van der Waals surface area contributed by atoms with Crippen molar-refractivity contribution in [3.63, 3.8) is 0 Å². The van der Waals surface area contributed by atoms with E-state index < -0.39 is 28.7 Å². The molecule has 1 aromatic heterocycles. The maximum atomic E-state index is 13.3. The van der Waals surface area contributed by atoms with E-state index in [1.54, 1.807) is 11.4 Å². The van der Waals surface area contributed by atoms with Crippen LogP contribution in [0.3, 0.4) is 0 Å². The Morgan fingerprint density at radius 3 is 2.72 bits per heavy atom. The molecule has 3 rings (SSSR count). The third kappa shape index (κ3) is 3.88. The molecule has 0 spiro atoms. The molecule has 1 unspecified atom stereocenters. The second-order valence-electron chi connectivity index (χ2n) is 5.16. The van der Waals surface area contributed by atoms with Crippen LogP contribution in [0.25, 0.3) is 0 Å². The predicted octanol–water partition coefficient (Wildman–Crippen LogP) is 3.92. The van der Waals surface area contributed by atoms with E-state index >= 15 is 0 Å². The largest absolute Gasteiger partial charge is 0.470 e. The number of anilines is 2. The second-order valence-corrected chi connectivity index (χ2v) is 8.39. The Labute approximate surface area is 150 Å². The molecule has 1 atom stereocenters. The third-order valence-corrected chi connectivity index (χ3v) is 6.45. The first-order chi connectivity index (χ1) is 11.7. The molecule has 5 nitrogen and oxygen atoms in total. The van der Waals surface area contributed by atoms with Crippen molar-refractivity contribution in [2.75, 3.05) is 16.6 Å². The van der Waals surface area contributed by atoms with Gasteiger partial charge in [-0.2, -0.15) is 13.2 Å². The molecule has 0 amide bonds. The van der Waals surface area contributed by atoms with Gasteiger partial charge in [-0.15, -0.1) is 11.3 Å². The van der Waals surface area contributed by atoms with Gasteiger partial charge in [0.25, 0.3) is 15.2 Å². The average molecular weight is 408 g/mol. The number of thiocarbonyl (C=S) groups is 1. The summed E-state index contributed by atoms with van der Waals surface area (Å²) in [5.74, 6) is -1.93. The number of halogens is 3. The monoisotopic (exact) mass is 408 g/mol. The number of rotatable bonds is 3. The highest BCUT2D eigenvalue weighted by atomic mass is 32.2. The molecule has 0 fully saturated rings. The van der Waals surface area contributed by atoms with Crippen LogP contribution < -0.4 is 10.0 Å². The Kier molecular flexibility index (Phi) is 4.64. The zero-order valence-corrected chi connectivity index (χ0v) is 14.8. The lowest BCUT2D eigenvalue weighted by molar-refractivity contribution is -0.156. The van der Waals surface area contributed by atoms with Gasteiger partial charge in [-0.25, -0.2) is 8.42 Å². The van der Waals surface area contributed by atoms with Crippen LogP contribution in [0.2, 0.25) is 0 Å². The van der Waals surface area contributed by atoms with Crippen LogP contribution in [0.15, 0.2) is 39.9 Å². The molecule has 134 valence electrons. The van der Waals surface area contributed by atoms with E-state index in [2.05, 4.69) is 10.0 Å². The highest BCUT2D eigenvalue weighted by Gasteiger charge is 2.44. The summed E-state index contributed by atoms with van der Waals surface area (Å²) in [5.41, 5.74) is 0.0126. The van der Waals surface area contributed by atoms with Gasteiger partial charge in [-0.3, -0.25) is 4.72 Å². The second kappa shape index (κ2) is 6.46. The first-order valence-electron chi connectivity index (χ1n) is 6.87. The van der Waals surface area contributed by atoms with E-state index in [4.69, 9.17) is 17.0 Å². The summed E-state index contributed by atoms with van der Waals surface area (Å²) in [7, 11) is -3.86. The maximum absolute atomic E-state index is 13.3. The van der Waals surface area contributed by atoms with Gasteiger partial charge in [0.15, 0.2) is 0 Å². The van der Waals surface area contributed by atoms with Gasteiger partial charge in [0.2, 0.25) is 0 Å². The van der Waals surface area contributed by atoms with E-state index in [0.29, 0.717) is 0 Å². The maximum Gasteiger partial charge on any atom is 0.399 e. The highest BCUT2D eigenvalue weighted by molar-refractivity contribution is 7.94. The minimum atomic E-state index is -4.57. The topological polar surface area (TPSA) is 67.4 Å². The van der Waals surface area contributed by atoms with Crippen LogP contribution in [-0.2, 0) is 14.8 Å². The third-order valence-electron chi connectivity index (χ3n) is 3.45. The molecule has 2 heterocycles. The molecule has 0 aliphatic carbocycles. The molecule has 11 heteroatoms. The lowest BCUT2D eigenvalue weighted by Crippen LogP contribution is -2.25. The van der Waals surface area contributed by atoms with Crippen molar-refractivity contribution in [1.29, 1.82) is 0 Å². The Bertz CT molecular complexity index is 896. The van der Waals surface area contributed by atoms with Crippen LogP contribution in [0.4, 0.5) is 24.5 Å². The smallest absolute Gasteiger partial charge is 0.399 e. The first kappa shape index (κ1) is 18.0. The van der Waals surface area contributed by atoms with E-state index in [1.165, 1.54) is 18.2 Å². The number of alkyl halides is 3. The number of ether oxygens (including phenoxy) is 1. The number of fused-ring (bicyclic) bond motifs is 1. The van der Waals surface area contributed by atoms with Crippen molar-refractivity contribution < 1.29 is 26.3 Å². The highest BCUT2D eigenvalue weighted by Crippen LogP contribution is 2.41. The lowest BCUT2D eigenvalue weighted by atomic mass is 9.97. The molecule has 1 aliphatic rings. The van der Waals surface area contributed by atoms with E-state index in [1.807, 2.05) is 0 Å². The molecular formula is C14H11F3N2O3S3. The van der Waals surface area contributed by atoms with Crippen molar-refractivity contribution in [3.8, 4) is 0 Å². The zero-order valence-electron chi connectivity index (χ0n) is 12.3. The summed E-state index contributed by atoms with van der Waals surface area (Å²) < 4.78 is 71.7. The van der Waals surface area contributed by atoms with Crippen molar-refractivity contribution in [2.24, 2.45) is 0 Å². The molecule has 0 radical (unpaired) electrons. The molecule has 1 aliphatic heterocycles. The summed E-state index contributed by atoms with van der Waals surface area (Å²) >= 11 is 5.81. The number of hydrogen-bond donors (Lipinski definition) is 2. The Morgan fingerprint density at radius 2 is 2.08 bits per heavy atom. The van der Waals surface area contributed by atoms with Crippen LogP contribution in [0.1, 0.15) is 11.5 Å². The quantitative estimate of drug-likeness (QED) is 0.754. The molecule has 1 aromatic carbocycles. The van der Waals surface area contributed by atoms with Crippen molar-refractivity contribution in [1.82, 2.24) is 0 Å². The van der Waals surface area contributed by atoms with Crippen molar-refractivity contribution in [2.45, 2.75) is 16.3 Å². The molecule has 0 bridgehead atoms. The molecular weight excluding hydrogens is 397 g/mol. The van der Waals surface area contributed by atoms with E-state index in [-0.39, 0.29) is 26.3 Å². The fourth-order valence-electron chi connectivity index (χ4n) is 2.32. The van der Waals surface area contributed by atoms with Crippen LogP contribution >= 0.6 is 23.6 Å². The minimum absolute atomic E-state index is 0.0241. The van der Waals surface area contributed by atoms with Gasteiger partial charge < -0.3 is 10.1 Å². The standard InChI is InChI=1S/C14H11F3N2O3S3/c15-14(16,17)10-7-22-13(23)18-11-4-3-8(6-9(10)11)19-25(20,21)12-2-1-5-24-12/h1-6,10,19H,7H2,(H,18,23). The fraction of sp³-hybridized carbons (Fsp3) is 0.214. The number of benzene rings is 1. The Morgan fingerprint density at radius 1 is 1.32 bits per heavy atom. The van der Waals surface area contributed by atoms with Gasteiger partial charge in [-0.05, 0) is 47.4 Å². The van der Waals surface area contributed by atoms with E-state index in [0.717, 1.165) is 17.4 Å². The van der Waals surface area contributed by atoms with E-state index in [9.17, 15) is 21.6 Å². The lowest BCUT2D eigenvalue weighted by Gasteiger charge is -2.20. The summed E-state index contributed by atoms with van der Waals surface area (Å²) in [6, 6.07) is 6.81. The zero-order chi connectivity index (χ0) is 18.2. The SMILES string of the molecule is O=S(=O)(Nc1ccc2c(c1)C(C(F)(F)F)COC(=S)N2)c1cccs1. The van der Waals surface area contributed by atoms with Gasteiger partial charge in [-0.1, -0.05) is 6.07 Å². The summed E-state index contributed by atoms with van der Waals surface area (Å²) in [5, 5.41) is 4.00. The summed E-state index contributed by atoms with van der Waals surface area (Å²) in [6.07, 6.45) is -4.57. The predicted molar refractivity (Wildman–Crippen MR) is 92.5 cm³/mol. The van der Waals surface area contributed by atoms with Crippen molar-refractivity contribution >= 4 is 50.1 Å². The minimum Gasteiger partial charge on any atom is -0.470 e. The first-order valence-corrected chi connectivity index (χ1v) is 9.65. The fourth-order valence-corrected chi connectivity index (χ4v) is 4.54. The van der Waals surface area contributed by atoms with Crippen LogP contribution in [-0.4, -0.2) is 26.4 Å². The average Bonchev–Trinajstić information content (AvgIpc) is 2.98. The summed E-state index contributed by atoms with van der Waals surface area (Å²) in [4.78, 5) is 0. The summed E-state index contributed by atoms with van der Waals surface area (Å²) in [6.45, 7) is -0.677. The normalized spacial score (nSPS) is 17.9. The molecule has 0 saturated carbocycles. The number of sulfonamides is 1. The molecule has 2 aromatic rings. The molecule has 25 heavy (non-hydrogen) atoms. The van der Waals surface area contributed by atoms with Gasteiger partial charge in [0.1, 0.15) is 16.7 Å². The number of hydrogen-bond acceptors (Lipinski definition) is 5. The number of thiophene rings is 1. The van der Waals surface area contributed by atoms with Gasteiger partial charge >= 0.3 is 6.18 Å². The number of nitrogens with one attached hydrogen (secondary N) is 2.